The minimum Gasteiger partial charge on any atom is -0.362 e. The summed E-state index contributed by atoms with van der Waals surface area (Å²) in [6.45, 7) is 7.85. The molecule has 0 unspecified atom stereocenters. The number of carbonyl (C=O) groups is 2. The minimum absolute atomic E-state index is 0.0125. The number of amides is 1. The predicted octanol–water partition coefficient (Wildman–Crippen LogP) is 7.04. The molecule has 2 heterocycles. The molecule has 0 bridgehead atoms. The van der Waals surface area contributed by atoms with Crippen LogP contribution in [0.1, 0.15) is 55.5 Å². The van der Waals surface area contributed by atoms with Gasteiger partial charge in [0.15, 0.2) is 5.78 Å². The van der Waals surface area contributed by atoms with Crippen molar-refractivity contribution in [2.45, 2.75) is 56.8 Å². The Morgan fingerprint density at radius 3 is 2.57 bits per heavy atom. The third-order valence-corrected chi connectivity index (χ3v) is 8.49. The third kappa shape index (κ3) is 5.07. The number of thioether (sulfide) groups is 1. The number of Topliss-reactive ketones (excluding diaryl/α,β-unsaturated/α-hetero) is 1. The minimum atomic E-state index is -4.52. The van der Waals surface area contributed by atoms with Crippen LogP contribution in [0.2, 0.25) is 0 Å². The highest BCUT2D eigenvalue weighted by Crippen LogP contribution is 2.50. The molecule has 1 amide bonds. The van der Waals surface area contributed by atoms with Gasteiger partial charge in [0.25, 0.3) is 5.91 Å². The van der Waals surface area contributed by atoms with E-state index in [2.05, 4.69) is 10.6 Å². The number of nitrogens with one attached hydrogen (secondary N) is 2. The Morgan fingerprint density at radius 1 is 1.20 bits per heavy atom. The first kappa shape index (κ1) is 25.6. The molecular weight excluding hydrogens is 493 g/mol. The Bertz CT molecular complexity index is 1270. The van der Waals surface area contributed by atoms with E-state index in [0.717, 1.165) is 32.5 Å². The molecule has 1 atom stereocenters. The maximum Gasteiger partial charge on any atom is 0.416 e. The van der Waals surface area contributed by atoms with E-state index >= 15 is 0 Å². The van der Waals surface area contributed by atoms with Crippen molar-refractivity contribution in [2.75, 3.05) is 11.6 Å². The largest absolute Gasteiger partial charge is 0.416 e. The number of alkyl halides is 3. The van der Waals surface area contributed by atoms with Crippen LogP contribution >= 0.6 is 23.1 Å². The van der Waals surface area contributed by atoms with Crippen LogP contribution in [0.3, 0.4) is 0 Å². The van der Waals surface area contributed by atoms with E-state index in [1.165, 1.54) is 12.1 Å². The molecule has 35 heavy (non-hydrogen) atoms. The summed E-state index contributed by atoms with van der Waals surface area (Å²) in [6, 6.07) is 6.58. The molecule has 4 nitrogen and oxygen atoms in total. The Morgan fingerprint density at radius 2 is 1.91 bits per heavy atom. The average molecular weight is 521 g/mol. The number of anilines is 1. The lowest BCUT2D eigenvalue weighted by atomic mass is 9.69. The van der Waals surface area contributed by atoms with Gasteiger partial charge in [-0.3, -0.25) is 9.59 Å². The lowest BCUT2D eigenvalue weighted by Gasteiger charge is -2.39. The molecule has 9 heteroatoms. The molecule has 1 aliphatic heterocycles. The van der Waals surface area contributed by atoms with Gasteiger partial charge in [0.2, 0.25) is 0 Å². The summed E-state index contributed by atoms with van der Waals surface area (Å²) in [5.41, 5.74) is 2.23. The van der Waals surface area contributed by atoms with Gasteiger partial charge in [-0.05, 0) is 61.8 Å². The van der Waals surface area contributed by atoms with E-state index in [4.69, 9.17) is 0 Å². The predicted molar refractivity (Wildman–Crippen MR) is 135 cm³/mol. The molecule has 1 aliphatic carbocycles. The number of benzene rings is 1. The summed E-state index contributed by atoms with van der Waals surface area (Å²) >= 11 is 3.16. The lowest BCUT2D eigenvalue weighted by Crippen LogP contribution is -2.39. The number of halogens is 3. The summed E-state index contributed by atoms with van der Waals surface area (Å²) in [5, 5.41) is 5.95. The Hall–Kier alpha value is -2.52. The molecule has 1 aromatic heterocycles. The smallest absolute Gasteiger partial charge is 0.362 e. The Labute approximate surface area is 211 Å². The molecule has 2 N–H and O–H groups in total. The summed E-state index contributed by atoms with van der Waals surface area (Å²) in [4.78, 5) is 28.1. The van der Waals surface area contributed by atoms with E-state index in [0.29, 0.717) is 29.7 Å². The van der Waals surface area contributed by atoms with E-state index in [-0.39, 0.29) is 16.9 Å². The van der Waals surface area contributed by atoms with Crippen molar-refractivity contribution >= 4 is 40.5 Å². The molecule has 0 spiro atoms. The van der Waals surface area contributed by atoms with Gasteiger partial charge in [-0.2, -0.15) is 13.2 Å². The topological polar surface area (TPSA) is 58.2 Å². The van der Waals surface area contributed by atoms with Gasteiger partial charge in [-0.25, -0.2) is 0 Å². The van der Waals surface area contributed by atoms with Gasteiger partial charge in [-0.1, -0.05) is 19.9 Å². The van der Waals surface area contributed by atoms with Crippen molar-refractivity contribution in [3.8, 4) is 0 Å². The summed E-state index contributed by atoms with van der Waals surface area (Å²) in [6.07, 6.45) is -1.53. The number of ketones is 1. The fraction of sp³-hybridized carbons (Fsp3) is 0.385. The molecule has 4 rings (SSSR count). The van der Waals surface area contributed by atoms with Crippen LogP contribution in [0.4, 0.5) is 18.9 Å². The fourth-order valence-electron chi connectivity index (χ4n) is 4.89. The van der Waals surface area contributed by atoms with Crippen LogP contribution in [0.15, 0.2) is 57.1 Å². The molecular formula is C26H27F3N2O2S2. The molecule has 1 aromatic carbocycles. The molecule has 0 radical (unpaired) electrons. The number of aryl methyl sites for hydroxylation is 1. The standard InChI is InChI=1S/C26H27F3N2O2S2/c1-13-9-17(24(34-5)35-13)21-20(14(2)30-18-11-25(3,4)12-19(32)22(18)21)23(33)31-16-8-6-7-15(10-16)26(27,28)29/h6-10,21,30H,11-12H2,1-5H3,(H,31,33)/t21-/m1/s1. The number of rotatable bonds is 4. The normalized spacial score (nSPS) is 20.0. The second-order valence-corrected chi connectivity index (χ2v) is 12.1. The van der Waals surface area contributed by atoms with Crippen molar-refractivity contribution in [3.05, 3.63) is 68.9 Å². The quantitative estimate of drug-likeness (QED) is 0.425. The molecule has 2 aliphatic rings. The SMILES string of the molecule is CSc1sc(C)cc1[C@@H]1C(C(=O)Nc2cccc(C(F)(F)F)c2)=C(C)NC2=C1C(=O)CC(C)(C)C2. The number of dihydropyridines is 1. The highest BCUT2D eigenvalue weighted by molar-refractivity contribution is 8.00. The van der Waals surface area contributed by atoms with E-state index in [9.17, 15) is 22.8 Å². The van der Waals surface area contributed by atoms with Crippen LogP contribution in [-0.2, 0) is 15.8 Å². The van der Waals surface area contributed by atoms with Crippen molar-refractivity contribution < 1.29 is 22.8 Å². The summed E-state index contributed by atoms with van der Waals surface area (Å²) in [7, 11) is 0. The highest BCUT2D eigenvalue weighted by atomic mass is 32.2. The van der Waals surface area contributed by atoms with Crippen LogP contribution < -0.4 is 10.6 Å². The van der Waals surface area contributed by atoms with Crippen LogP contribution in [0, 0.1) is 12.3 Å². The van der Waals surface area contributed by atoms with Crippen molar-refractivity contribution in [1.82, 2.24) is 5.32 Å². The Kier molecular flexibility index (Phi) is 6.70. The van der Waals surface area contributed by atoms with E-state index in [1.54, 1.807) is 30.0 Å². The van der Waals surface area contributed by atoms with Gasteiger partial charge < -0.3 is 10.6 Å². The first-order valence-electron chi connectivity index (χ1n) is 11.2. The number of allylic oxidation sites excluding steroid dienone is 3. The zero-order valence-electron chi connectivity index (χ0n) is 20.1. The first-order chi connectivity index (χ1) is 16.3. The fourth-order valence-corrected chi connectivity index (χ4v) is 6.81. The highest BCUT2D eigenvalue weighted by Gasteiger charge is 2.43. The monoisotopic (exact) mass is 520 g/mol. The Balaban J connectivity index is 1.81. The number of hydrogen-bond acceptors (Lipinski definition) is 5. The van der Waals surface area contributed by atoms with Crippen LogP contribution in [-0.4, -0.2) is 17.9 Å². The average Bonchev–Trinajstić information content (AvgIpc) is 3.11. The van der Waals surface area contributed by atoms with Crippen molar-refractivity contribution in [3.63, 3.8) is 0 Å². The number of thiophene rings is 1. The van der Waals surface area contributed by atoms with Gasteiger partial charge in [0, 0.05) is 45.4 Å². The molecule has 2 aromatic rings. The molecule has 0 saturated heterocycles. The van der Waals surface area contributed by atoms with Crippen LogP contribution in [0.5, 0.6) is 0 Å². The van der Waals surface area contributed by atoms with Crippen molar-refractivity contribution in [1.29, 1.82) is 0 Å². The van der Waals surface area contributed by atoms with Gasteiger partial charge in [-0.15, -0.1) is 23.1 Å². The van der Waals surface area contributed by atoms with Gasteiger partial charge in [0.1, 0.15) is 0 Å². The number of carbonyl (C=O) groups excluding carboxylic acids is 2. The van der Waals surface area contributed by atoms with Crippen LogP contribution in [0.25, 0.3) is 0 Å². The third-order valence-electron chi connectivity index (χ3n) is 6.28. The maximum atomic E-state index is 13.6. The molecule has 0 saturated carbocycles. The van der Waals surface area contributed by atoms with Gasteiger partial charge >= 0.3 is 6.18 Å². The maximum absolute atomic E-state index is 13.6. The number of hydrogen-bond donors (Lipinski definition) is 2. The molecule has 186 valence electrons. The molecule has 0 fully saturated rings. The zero-order chi connectivity index (χ0) is 25.7. The first-order valence-corrected chi connectivity index (χ1v) is 13.2. The summed E-state index contributed by atoms with van der Waals surface area (Å²) in [5.74, 6) is -1.13. The van der Waals surface area contributed by atoms with Gasteiger partial charge in [0.05, 0.1) is 9.77 Å². The zero-order valence-corrected chi connectivity index (χ0v) is 21.8. The van der Waals surface area contributed by atoms with E-state index in [1.807, 2.05) is 33.1 Å². The van der Waals surface area contributed by atoms with E-state index < -0.39 is 23.6 Å². The second kappa shape index (κ2) is 9.17. The van der Waals surface area contributed by atoms with Crippen molar-refractivity contribution in [2.24, 2.45) is 5.41 Å². The summed E-state index contributed by atoms with van der Waals surface area (Å²) < 4.78 is 40.6. The second-order valence-electron chi connectivity index (χ2n) is 9.77. The lowest BCUT2D eigenvalue weighted by molar-refractivity contribution is -0.137.